The molecular formula is C20H20Cl2FNO3S. The molecule has 4 nitrogen and oxygen atoms in total. The highest BCUT2D eigenvalue weighted by Crippen LogP contribution is 2.27. The summed E-state index contributed by atoms with van der Waals surface area (Å²) in [6.07, 6.45) is 4.23. The number of aromatic carboxylic acids is 1. The van der Waals surface area contributed by atoms with Crippen molar-refractivity contribution < 1.29 is 19.1 Å². The minimum atomic E-state index is -1.23. The molecule has 1 aromatic heterocycles. The topological polar surface area (TPSA) is 57.6 Å². The summed E-state index contributed by atoms with van der Waals surface area (Å²) < 4.78 is 13.6. The zero-order chi connectivity index (χ0) is 20.3. The molecule has 0 bridgehead atoms. The fourth-order valence-corrected chi connectivity index (χ4v) is 5.09. The number of benzene rings is 1. The first-order valence-electron chi connectivity index (χ1n) is 9.09. The van der Waals surface area contributed by atoms with Crippen LogP contribution >= 0.6 is 34.5 Å². The van der Waals surface area contributed by atoms with E-state index in [0.29, 0.717) is 35.9 Å². The van der Waals surface area contributed by atoms with Gasteiger partial charge in [0, 0.05) is 33.9 Å². The van der Waals surface area contributed by atoms with Crippen molar-refractivity contribution in [1.82, 2.24) is 4.90 Å². The number of halogens is 3. The van der Waals surface area contributed by atoms with E-state index in [4.69, 9.17) is 28.3 Å². The fourth-order valence-electron chi connectivity index (χ4n) is 3.60. The zero-order valence-electron chi connectivity index (χ0n) is 15.1. The summed E-state index contributed by atoms with van der Waals surface area (Å²) in [6.45, 7) is 0.608. The average molecular weight is 444 g/mol. The van der Waals surface area contributed by atoms with Gasteiger partial charge in [0.05, 0.1) is 0 Å². The van der Waals surface area contributed by atoms with E-state index in [1.54, 1.807) is 6.07 Å². The number of carboxylic acids is 1. The molecule has 0 aliphatic carbocycles. The van der Waals surface area contributed by atoms with Crippen LogP contribution in [0.3, 0.4) is 0 Å². The molecule has 0 radical (unpaired) electrons. The third-order valence-corrected chi connectivity index (χ3v) is 6.50. The van der Waals surface area contributed by atoms with Crippen molar-refractivity contribution in [3.05, 3.63) is 55.4 Å². The molecule has 1 saturated heterocycles. The number of aryl methyl sites for hydroxylation is 1. The quantitative estimate of drug-likeness (QED) is 0.589. The van der Waals surface area contributed by atoms with Gasteiger partial charge in [0.2, 0.25) is 5.91 Å². The number of thiophene rings is 1. The van der Waals surface area contributed by atoms with E-state index < -0.39 is 11.8 Å². The Hall–Kier alpha value is -1.63. The van der Waals surface area contributed by atoms with Gasteiger partial charge in [-0.2, -0.15) is 0 Å². The number of carboxylic acid groups (broad SMARTS) is 1. The van der Waals surface area contributed by atoms with Crippen LogP contribution in [0.15, 0.2) is 24.3 Å². The summed E-state index contributed by atoms with van der Waals surface area (Å²) in [5.74, 6) is -1.76. The minimum Gasteiger partial charge on any atom is -0.477 e. The Balaban J connectivity index is 1.53. The minimum absolute atomic E-state index is 0.147. The molecule has 1 aliphatic rings. The van der Waals surface area contributed by atoms with Crippen LogP contribution in [0.2, 0.25) is 10.0 Å². The molecule has 2 aromatic rings. The number of carbonyl (C=O) groups excluding carboxylic acids is 1. The lowest BCUT2D eigenvalue weighted by Gasteiger charge is -2.25. The van der Waals surface area contributed by atoms with E-state index in [-0.39, 0.29) is 16.8 Å². The van der Waals surface area contributed by atoms with E-state index in [9.17, 15) is 14.0 Å². The molecule has 150 valence electrons. The second kappa shape index (κ2) is 9.25. The van der Waals surface area contributed by atoms with Gasteiger partial charge in [0.25, 0.3) is 0 Å². The number of rotatable bonds is 8. The SMILES string of the molecule is O=C(O)c1sc(CCCC2CCC(=O)N2CCc2cc(Cl)cc(Cl)c2)cc1F. The number of nitrogens with zero attached hydrogens (tertiary/aromatic N) is 1. The van der Waals surface area contributed by atoms with Crippen molar-refractivity contribution in [2.75, 3.05) is 6.54 Å². The summed E-state index contributed by atoms with van der Waals surface area (Å²) in [5.41, 5.74) is 0.992. The zero-order valence-corrected chi connectivity index (χ0v) is 17.4. The van der Waals surface area contributed by atoms with Crippen molar-refractivity contribution in [2.24, 2.45) is 0 Å². The van der Waals surface area contributed by atoms with Gasteiger partial charge in [-0.1, -0.05) is 23.2 Å². The average Bonchev–Trinajstić information content (AvgIpc) is 3.15. The van der Waals surface area contributed by atoms with Gasteiger partial charge in [-0.15, -0.1) is 11.3 Å². The van der Waals surface area contributed by atoms with Crippen molar-refractivity contribution in [3.8, 4) is 0 Å². The van der Waals surface area contributed by atoms with Crippen molar-refractivity contribution in [1.29, 1.82) is 0 Å². The van der Waals surface area contributed by atoms with E-state index in [1.807, 2.05) is 17.0 Å². The number of carbonyl (C=O) groups is 2. The van der Waals surface area contributed by atoms with Gasteiger partial charge in [-0.3, -0.25) is 4.79 Å². The van der Waals surface area contributed by atoms with Gasteiger partial charge in [0.1, 0.15) is 10.7 Å². The molecule has 1 amide bonds. The summed E-state index contributed by atoms with van der Waals surface area (Å²) in [7, 11) is 0. The number of amides is 1. The third-order valence-electron chi connectivity index (χ3n) is 4.91. The maximum absolute atomic E-state index is 13.6. The monoisotopic (exact) mass is 443 g/mol. The molecule has 3 rings (SSSR count). The predicted molar refractivity (Wildman–Crippen MR) is 109 cm³/mol. The van der Waals surface area contributed by atoms with Crippen LogP contribution in [0.4, 0.5) is 4.39 Å². The first-order chi connectivity index (χ1) is 13.3. The summed E-state index contributed by atoms with van der Waals surface area (Å²) in [4.78, 5) is 25.6. The number of hydrogen-bond donors (Lipinski definition) is 1. The lowest BCUT2D eigenvalue weighted by Crippen LogP contribution is -2.34. The third kappa shape index (κ3) is 5.25. The maximum atomic E-state index is 13.6. The summed E-state index contributed by atoms with van der Waals surface area (Å²) in [5, 5.41) is 10.1. The predicted octanol–water partition coefficient (Wildman–Crippen LogP) is 5.45. The molecular weight excluding hydrogens is 424 g/mol. The number of likely N-dealkylation sites (tertiary alicyclic amines) is 1. The second-order valence-corrected chi connectivity index (χ2v) is 8.90. The van der Waals surface area contributed by atoms with Gasteiger partial charge in [0.15, 0.2) is 0 Å². The molecule has 1 fully saturated rings. The molecule has 28 heavy (non-hydrogen) atoms. The normalized spacial score (nSPS) is 16.8. The first kappa shape index (κ1) is 21.1. The van der Waals surface area contributed by atoms with Crippen LogP contribution in [0.1, 0.15) is 45.8 Å². The fraction of sp³-hybridized carbons (Fsp3) is 0.400. The molecule has 1 aliphatic heterocycles. The standard InChI is InChI=1S/C20H20Cl2FNO3S/c21-13-8-12(9-14(22)10-13)6-7-24-15(4-5-18(24)25)2-1-3-16-11-17(23)19(28-16)20(26)27/h8-11,15H,1-7H2,(H,26,27). The Morgan fingerprint density at radius 3 is 2.57 bits per heavy atom. The highest BCUT2D eigenvalue weighted by molar-refractivity contribution is 7.13. The first-order valence-corrected chi connectivity index (χ1v) is 10.7. The van der Waals surface area contributed by atoms with Gasteiger partial charge in [-0.05, 0) is 61.9 Å². The Kier molecular flexibility index (Phi) is 6.96. The lowest BCUT2D eigenvalue weighted by atomic mass is 10.1. The summed E-state index contributed by atoms with van der Waals surface area (Å²) >= 11 is 13.1. The van der Waals surface area contributed by atoms with Gasteiger partial charge >= 0.3 is 5.97 Å². The summed E-state index contributed by atoms with van der Waals surface area (Å²) in [6, 6.07) is 6.85. The maximum Gasteiger partial charge on any atom is 0.348 e. The van der Waals surface area contributed by atoms with Gasteiger partial charge < -0.3 is 10.0 Å². The molecule has 2 heterocycles. The van der Waals surface area contributed by atoms with E-state index in [1.165, 1.54) is 6.07 Å². The van der Waals surface area contributed by atoms with Crippen LogP contribution in [0, 0.1) is 5.82 Å². The van der Waals surface area contributed by atoms with Crippen LogP contribution in [-0.4, -0.2) is 34.5 Å². The Labute approximate surface area is 176 Å². The van der Waals surface area contributed by atoms with Crippen LogP contribution in [0.25, 0.3) is 0 Å². The van der Waals surface area contributed by atoms with Crippen molar-refractivity contribution in [3.63, 3.8) is 0 Å². The number of hydrogen-bond acceptors (Lipinski definition) is 3. The molecule has 1 atom stereocenters. The van der Waals surface area contributed by atoms with E-state index >= 15 is 0 Å². The van der Waals surface area contributed by atoms with Crippen LogP contribution in [-0.2, 0) is 17.6 Å². The molecule has 1 aromatic carbocycles. The molecule has 0 spiro atoms. The van der Waals surface area contributed by atoms with Crippen LogP contribution < -0.4 is 0 Å². The molecule has 0 saturated carbocycles. The van der Waals surface area contributed by atoms with Crippen LogP contribution in [0.5, 0.6) is 0 Å². The smallest absolute Gasteiger partial charge is 0.348 e. The second-order valence-electron chi connectivity index (χ2n) is 6.89. The Morgan fingerprint density at radius 2 is 1.93 bits per heavy atom. The van der Waals surface area contributed by atoms with Gasteiger partial charge in [-0.25, -0.2) is 9.18 Å². The molecule has 1 N–H and O–H groups in total. The van der Waals surface area contributed by atoms with Crippen molar-refractivity contribution in [2.45, 2.75) is 44.6 Å². The largest absolute Gasteiger partial charge is 0.477 e. The van der Waals surface area contributed by atoms with E-state index in [2.05, 4.69) is 0 Å². The van der Waals surface area contributed by atoms with E-state index in [0.717, 1.165) is 41.0 Å². The molecule has 8 heteroatoms. The highest BCUT2D eigenvalue weighted by Gasteiger charge is 2.30. The lowest BCUT2D eigenvalue weighted by molar-refractivity contribution is -0.129. The Morgan fingerprint density at radius 1 is 1.21 bits per heavy atom. The Bertz CT molecular complexity index is 866. The highest BCUT2D eigenvalue weighted by atomic mass is 35.5. The van der Waals surface area contributed by atoms with Crippen molar-refractivity contribution >= 4 is 46.4 Å². The molecule has 1 unspecified atom stereocenters.